The SMILES string of the molecule is Cc1c(C)c(C)c([C@@H](C)N)c(C)c1C. The lowest BCUT2D eigenvalue weighted by Crippen LogP contribution is -2.12. The molecule has 0 spiro atoms. The molecule has 0 radical (unpaired) electrons. The predicted molar refractivity (Wildman–Crippen MR) is 62.7 cm³/mol. The third kappa shape index (κ3) is 1.57. The van der Waals surface area contributed by atoms with Gasteiger partial charge in [-0.15, -0.1) is 0 Å². The minimum absolute atomic E-state index is 0.132. The third-order valence-corrected chi connectivity index (χ3v) is 3.51. The summed E-state index contributed by atoms with van der Waals surface area (Å²) in [5.74, 6) is 0. The Morgan fingerprint density at radius 3 is 1.29 bits per heavy atom. The van der Waals surface area contributed by atoms with Crippen molar-refractivity contribution in [2.45, 2.75) is 47.6 Å². The Labute approximate surface area is 87.3 Å². The maximum Gasteiger partial charge on any atom is 0.0271 e. The number of benzene rings is 1. The van der Waals surface area contributed by atoms with Crippen LogP contribution in [0.2, 0.25) is 0 Å². The summed E-state index contributed by atoms with van der Waals surface area (Å²) in [7, 11) is 0. The summed E-state index contributed by atoms with van der Waals surface area (Å²) in [4.78, 5) is 0. The van der Waals surface area contributed by atoms with Gasteiger partial charge in [0.05, 0.1) is 0 Å². The fraction of sp³-hybridized carbons (Fsp3) is 0.538. The Kier molecular flexibility index (Phi) is 3.01. The van der Waals surface area contributed by atoms with Gasteiger partial charge in [0, 0.05) is 6.04 Å². The van der Waals surface area contributed by atoms with Gasteiger partial charge in [-0.05, 0) is 74.9 Å². The summed E-state index contributed by atoms with van der Waals surface area (Å²) in [5, 5.41) is 0. The third-order valence-electron chi connectivity index (χ3n) is 3.51. The van der Waals surface area contributed by atoms with E-state index < -0.39 is 0 Å². The Hall–Kier alpha value is -0.820. The van der Waals surface area contributed by atoms with Crippen LogP contribution in [0.4, 0.5) is 0 Å². The second kappa shape index (κ2) is 3.74. The molecule has 0 bridgehead atoms. The van der Waals surface area contributed by atoms with Crippen LogP contribution in [0.3, 0.4) is 0 Å². The molecular weight excluding hydrogens is 170 g/mol. The molecule has 2 N–H and O–H groups in total. The average Bonchev–Trinajstić information content (AvgIpc) is 2.11. The van der Waals surface area contributed by atoms with Crippen LogP contribution < -0.4 is 5.73 Å². The maximum absolute atomic E-state index is 6.00. The summed E-state index contributed by atoms with van der Waals surface area (Å²) in [6.07, 6.45) is 0. The van der Waals surface area contributed by atoms with E-state index in [-0.39, 0.29) is 6.04 Å². The molecule has 0 amide bonds. The number of nitrogens with two attached hydrogens (primary N) is 1. The van der Waals surface area contributed by atoms with Gasteiger partial charge in [0.15, 0.2) is 0 Å². The van der Waals surface area contributed by atoms with Crippen molar-refractivity contribution in [2.24, 2.45) is 5.73 Å². The quantitative estimate of drug-likeness (QED) is 0.724. The molecule has 1 aromatic carbocycles. The van der Waals surface area contributed by atoms with Crippen molar-refractivity contribution in [2.75, 3.05) is 0 Å². The molecule has 1 nitrogen and oxygen atoms in total. The van der Waals surface area contributed by atoms with Crippen LogP contribution in [0.1, 0.15) is 46.3 Å². The van der Waals surface area contributed by atoms with Gasteiger partial charge in [-0.3, -0.25) is 0 Å². The van der Waals surface area contributed by atoms with E-state index >= 15 is 0 Å². The zero-order valence-electron chi connectivity index (χ0n) is 10.2. The van der Waals surface area contributed by atoms with Crippen LogP contribution in [-0.4, -0.2) is 0 Å². The van der Waals surface area contributed by atoms with Gasteiger partial charge in [0.25, 0.3) is 0 Å². The Morgan fingerprint density at radius 2 is 1.00 bits per heavy atom. The molecule has 78 valence electrons. The topological polar surface area (TPSA) is 26.0 Å². The first kappa shape index (κ1) is 11.3. The van der Waals surface area contributed by atoms with E-state index in [2.05, 4.69) is 41.5 Å². The molecule has 0 aromatic heterocycles. The van der Waals surface area contributed by atoms with Crippen molar-refractivity contribution in [3.63, 3.8) is 0 Å². The van der Waals surface area contributed by atoms with E-state index in [1.54, 1.807) is 0 Å². The first-order valence-electron chi connectivity index (χ1n) is 5.20. The zero-order chi connectivity index (χ0) is 11.0. The highest BCUT2D eigenvalue weighted by atomic mass is 14.6. The van der Waals surface area contributed by atoms with Crippen LogP contribution in [0, 0.1) is 34.6 Å². The lowest BCUT2D eigenvalue weighted by molar-refractivity contribution is 0.795. The van der Waals surface area contributed by atoms with Gasteiger partial charge >= 0.3 is 0 Å². The molecular formula is C13H21N. The van der Waals surface area contributed by atoms with Crippen LogP contribution in [-0.2, 0) is 0 Å². The molecule has 0 aliphatic heterocycles. The van der Waals surface area contributed by atoms with E-state index in [9.17, 15) is 0 Å². The summed E-state index contributed by atoms with van der Waals surface area (Å²) >= 11 is 0. The highest BCUT2D eigenvalue weighted by Gasteiger charge is 2.14. The summed E-state index contributed by atoms with van der Waals surface area (Å²) in [6, 6.07) is 0.132. The van der Waals surface area contributed by atoms with Crippen molar-refractivity contribution in [1.29, 1.82) is 0 Å². The summed E-state index contributed by atoms with van der Waals surface area (Å²) < 4.78 is 0. The highest BCUT2D eigenvalue weighted by molar-refractivity contribution is 5.50. The van der Waals surface area contributed by atoms with E-state index in [0.29, 0.717) is 0 Å². The molecule has 1 rings (SSSR count). The van der Waals surface area contributed by atoms with Gasteiger partial charge in [-0.2, -0.15) is 0 Å². The van der Waals surface area contributed by atoms with Crippen LogP contribution in [0.25, 0.3) is 0 Å². The Bertz CT molecular complexity index is 333. The normalized spacial score (nSPS) is 13.1. The number of hydrogen-bond acceptors (Lipinski definition) is 1. The number of hydrogen-bond donors (Lipinski definition) is 1. The molecule has 1 heteroatoms. The van der Waals surface area contributed by atoms with Gasteiger partial charge in [-0.1, -0.05) is 0 Å². The van der Waals surface area contributed by atoms with Crippen LogP contribution in [0.15, 0.2) is 0 Å². The molecule has 0 saturated carbocycles. The maximum atomic E-state index is 6.00. The molecule has 0 unspecified atom stereocenters. The largest absolute Gasteiger partial charge is 0.324 e. The summed E-state index contributed by atoms with van der Waals surface area (Å²) in [5.41, 5.74) is 14.2. The van der Waals surface area contributed by atoms with Crippen molar-refractivity contribution in [3.05, 3.63) is 33.4 Å². The molecule has 14 heavy (non-hydrogen) atoms. The molecule has 0 aliphatic rings. The van der Waals surface area contributed by atoms with Gasteiger partial charge < -0.3 is 5.73 Å². The Balaban J connectivity index is 3.60. The Morgan fingerprint density at radius 1 is 0.714 bits per heavy atom. The molecule has 1 aromatic rings. The van der Waals surface area contributed by atoms with Gasteiger partial charge in [0.2, 0.25) is 0 Å². The number of rotatable bonds is 1. The highest BCUT2D eigenvalue weighted by Crippen LogP contribution is 2.29. The van der Waals surface area contributed by atoms with E-state index in [1.165, 1.54) is 33.4 Å². The fourth-order valence-electron chi connectivity index (χ4n) is 2.21. The molecule has 0 saturated heterocycles. The van der Waals surface area contributed by atoms with E-state index in [4.69, 9.17) is 5.73 Å². The predicted octanol–water partition coefficient (Wildman–Crippen LogP) is 3.25. The first-order chi connectivity index (χ1) is 6.37. The molecule has 0 fully saturated rings. The smallest absolute Gasteiger partial charge is 0.0271 e. The second-order valence-electron chi connectivity index (χ2n) is 4.33. The monoisotopic (exact) mass is 191 g/mol. The first-order valence-corrected chi connectivity index (χ1v) is 5.20. The second-order valence-corrected chi connectivity index (χ2v) is 4.33. The van der Waals surface area contributed by atoms with E-state index in [1.807, 2.05) is 0 Å². The average molecular weight is 191 g/mol. The molecule has 0 aliphatic carbocycles. The van der Waals surface area contributed by atoms with Gasteiger partial charge in [-0.25, -0.2) is 0 Å². The lowest BCUT2D eigenvalue weighted by Gasteiger charge is -2.20. The van der Waals surface area contributed by atoms with Crippen molar-refractivity contribution in [1.82, 2.24) is 0 Å². The summed E-state index contributed by atoms with van der Waals surface area (Å²) in [6.45, 7) is 13.0. The van der Waals surface area contributed by atoms with Crippen LogP contribution >= 0.6 is 0 Å². The van der Waals surface area contributed by atoms with E-state index in [0.717, 1.165) is 0 Å². The standard InChI is InChI=1S/C13H21N/c1-7-8(2)10(4)13(12(6)14)11(5)9(7)3/h12H,14H2,1-6H3/t12-/m1/s1. The minimum Gasteiger partial charge on any atom is -0.324 e. The lowest BCUT2D eigenvalue weighted by atomic mass is 9.87. The fourth-order valence-corrected chi connectivity index (χ4v) is 2.21. The molecule has 0 heterocycles. The minimum atomic E-state index is 0.132. The zero-order valence-corrected chi connectivity index (χ0v) is 10.2. The van der Waals surface area contributed by atoms with Gasteiger partial charge in [0.1, 0.15) is 0 Å². The van der Waals surface area contributed by atoms with Crippen LogP contribution in [0.5, 0.6) is 0 Å². The van der Waals surface area contributed by atoms with Crippen molar-refractivity contribution in [3.8, 4) is 0 Å². The van der Waals surface area contributed by atoms with Crippen molar-refractivity contribution >= 4 is 0 Å². The van der Waals surface area contributed by atoms with Crippen molar-refractivity contribution < 1.29 is 0 Å². The molecule has 1 atom stereocenters.